The van der Waals surface area contributed by atoms with Gasteiger partial charge in [0, 0.05) is 18.2 Å². The minimum Gasteiger partial charge on any atom is -0.497 e. The van der Waals surface area contributed by atoms with Gasteiger partial charge in [-0.25, -0.2) is 0 Å². The number of nitro benzene ring substituents is 1. The largest absolute Gasteiger partial charge is 0.497 e. The predicted octanol–water partition coefficient (Wildman–Crippen LogP) is 4.19. The molecule has 1 fully saturated rings. The second kappa shape index (κ2) is 10.3. The third-order valence-corrected chi connectivity index (χ3v) is 5.99. The number of hydrogen-bond acceptors (Lipinski definition) is 7. The number of non-ortho nitro benzene ring substituents is 1. The van der Waals surface area contributed by atoms with Crippen molar-refractivity contribution in [1.29, 1.82) is 0 Å². The van der Waals surface area contributed by atoms with Gasteiger partial charge in [0.2, 0.25) is 6.10 Å². The number of nitrogens with zero attached hydrogens (tertiary/aromatic N) is 2. The summed E-state index contributed by atoms with van der Waals surface area (Å²) >= 11 is 0. The van der Waals surface area contributed by atoms with Crippen LogP contribution in [-0.4, -0.2) is 49.7 Å². The van der Waals surface area contributed by atoms with Crippen LogP contribution in [0.25, 0.3) is 0 Å². The van der Waals surface area contributed by atoms with Crippen molar-refractivity contribution in [2.75, 3.05) is 27.9 Å². The van der Waals surface area contributed by atoms with Crippen LogP contribution in [0.3, 0.4) is 0 Å². The first-order valence-electron chi connectivity index (χ1n) is 11.0. The number of rotatable bonds is 10. The first-order chi connectivity index (χ1) is 17.0. The van der Waals surface area contributed by atoms with Crippen LogP contribution in [0.15, 0.2) is 66.7 Å². The monoisotopic (exact) mass is 478 g/mol. The van der Waals surface area contributed by atoms with Crippen LogP contribution in [-0.2, 0) is 11.2 Å². The van der Waals surface area contributed by atoms with Crippen molar-refractivity contribution in [2.24, 2.45) is 0 Å². The van der Waals surface area contributed by atoms with Gasteiger partial charge >= 0.3 is 0 Å². The van der Waals surface area contributed by atoms with Crippen LogP contribution in [0.2, 0.25) is 0 Å². The van der Waals surface area contributed by atoms with Gasteiger partial charge in [-0.05, 0) is 36.2 Å². The zero-order chi connectivity index (χ0) is 24.9. The summed E-state index contributed by atoms with van der Waals surface area (Å²) in [6, 6.07) is 18.5. The molecule has 0 saturated carbocycles. The molecule has 0 bridgehead atoms. The molecule has 3 aromatic rings. The van der Waals surface area contributed by atoms with E-state index in [0.29, 0.717) is 24.5 Å². The fourth-order valence-electron chi connectivity index (χ4n) is 4.22. The molecule has 1 aliphatic heterocycles. The van der Waals surface area contributed by atoms with Crippen molar-refractivity contribution in [3.8, 4) is 23.0 Å². The van der Waals surface area contributed by atoms with E-state index in [9.17, 15) is 14.9 Å². The van der Waals surface area contributed by atoms with E-state index in [4.69, 9.17) is 18.9 Å². The van der Waals surface area contributed by atoms with Gasteiger partial charge in [0.05, 0.1) is 32.3 Å². The second-order valence-electron chi connectivity index (χ2n) is 7.95. The van der Waals surface area contributed by atoms with E-state index in [0.717, 1.165) is 16.9 Å². The van der Waals surface area contributed by atoms with Gasteiger partial charge in [0.15, 0.2) is 11.5 Å². The lowest BCUT2D eigenvalue weighted by molar-refractivity contribution is -0.385. The van der Waals surface area contributed by atoms with E-state index in [1.807, 2.05) is 36.4 Å². The van der Waals surface area contributed by atoms with Gasteiger partial charge < -0.3 is 23.8 Å². The second-order valence-corrected chi connectivity index (χ2v) is 7.95. The number of likely N-dealkylation sites (tertiary alicyclic amines) is 1. The van der Waals surface area contributed by atoms with E-state index < -0.39 is 17.1 Å². The SMILES string of the molecule is COc1ccc(CCN2C(=O)C(Oc3cccc([N+](=O)[O-])c3)C2c2cccc(OC)c2OC)cc1. The highest BCUT2D eigenvalue weighted by Gasteiger charge is 2.51. The molecule has 35 heavy (non-hydrogen) atoms. The standard InChI is InChI=1S/C26H26N2O7/c1-32-19-12-10-17(11-13-19)14-15-27-23(21-8-5-9-22(33-2)24(21)34-3)25(26(27)29)35-20-7-4-6-18(16-20)28(30)31/h4-13,16,23,25H,14-15H2,1-3H3. The van der Waals surface area contributed by atoms with E-state index in [-0.39, 0.29) is 17.3 Å². The molecular formula is C26H26N2O7. The van der Waals surface area contributed by atoms with Crippen molar-refractivity contribution in [3.05, 3.63) is 88.0 Å². The predicted molar refractivity (Wildman–Crippen MR) is 128 cm³/mol. The molecule has 4 rings (SSSR count). The lowest BCUT2D eigenvalue weighted by atomic mass is 9.89. The van der Waals surface area contributed by atoms with Crippen LogP contribution in [0.5, 0.6) is 23.0 Å². The molecule has 182 valence electrons. The Labute approximate surface area is 202 Å². The van der Waals surface area contributed by atoms with Gasteiger partial charge in [-0.1, -0.05) is 30.3 Å². The van der Waals surface area contributed by atoms with Gasteiger partial charge in [0.25, 0.3) is 11.6 Å². The smallest absolute Gasteiger partial charge is 0.273 e. The quantitative estimate of drug-likeness (QED) is 0.245. The number of methoxy groups -OCH3 is 3. The molecule has 1 saturated heterocycles. The Morgan fingerprint density at radius 3 is 2.31 bits per heavy atom. The van der Waals surface area contributed by atoms with E-state index in [2.05, 4.69) is 0 Å². The molecule has 0 N–H and O–H groups in total. The van der Waals surface area contributed by atoms with Crippen molar-refractivity contribution >= 4 is 11.6 Å². The minimum absolute atomic E-state index is 0.110. The minimum atomic E-state index is -0.867. The molecule has 1 heterocycles. The highest BCUT2D eigenvalue weighted by Crippen LogP contribution is 2.44. The van der Waals surface area contributed by atoms with E-state index in [1.54, 1.807) is 38.4 Å². The van der Waals surface area contributed by atoms with Crippen LogP contribution in [0.4, 0.5) is 5.69 Å². The van der Waals surface area contributed by atoms with Gasteiger partial charge in [-0.3, -0.25) is 14.9 Å². The fraction of sp³-hybridized carbons (Fsp3) is 0.269. The summed E-state index contributed by atoms with van der Waals surface area (Å²) in [5, 5.41) is 11.2. The summed E-state index contributed by atoms with van der Waals surface area (Å²) in [6.07, 6.45) is -0.240. The topological polar surface area (TPSA) is 100 Å². The first-order valence-corrected chi connectivity index (χ1v) is 11.0. The van der Waals surface area contributed by atoms with Crippen LogP contribution < -0.4 is 18.9 Å². The Hall–Kier alpha value is -4.27. The van der Waals surface area contributed by atoms with Crippen molar-refractivity contribution < 1.29 is 28.7 Å². The maximum Gasteiger partial charge on any atom is 0.273 e. The summed E-state index contributed by atoms with van der Waals surface area (Å²) in [5.41, 5.74) is 1.68. The van der Waals surface area contributed by atoms with Crippen LogP contribution in [0.1, 0.15) is 17.2 Å². The maximum atomic E-state index is 13.2. The number of carbonyl (C=O) groups is 1. The zero-order valence-corrected chi connectivity index (χ0v) is 19.7. The summed E-state index contributed by atoms with van der Waals surface area (Å²) < 4.78 is 22.3. The first kappa shape index (κ1) is 23.9. The number of nitro groups is 1. The molecule has 9 nitrogen and oxygen atoms in total. The van der Waals surface area contributed by atoms with Crippen molar-refractivity contribution in [2.45, 2.75) is 18.6 Å². The lowest BCUT2D eigenvalue weighted by Crippen LogP contribution is -2.61. The summed E-state index contributed by atoms with van der Waals surface area (Å²) in [4.78, 5) is 25.6. The highest BCUT2D eigenvalue weighted by atomic mass is 16.6. The molecule has 1 amide bonds. The van der Waals surface area contributed by atoms with E-state index in [1.165, 1.54) is 18.2 Å². The Bertz CT molecular complexity index is 1210. The Morgan fingerprint density at radius 2 is 1.66 bits per heavy atom. The third kappa shape index (κ3) is 4.84. The Kier molecular flexibility index (Phi) is 7.05. The maximum absolute atomic E-state index is 13.2. The molecule has 9 heteroatoms. The molecule has 0 aliphatic carbocycles. The number of benzene rings is 3. The number of ether oxygens (including phenoxy) is 4. The third-order valence-electron chi connectivity index (χ3n) is 5.99. The van der Waals surface area contributed by atoms with Crippen molar-refractivity contribution in [3.63, 3.8) is 0 Å². The molecule has 2 unspecified atom stereocenters. The fourth-order valence-corrected chi connectivity index (χ4v) is 4.22. The number of para-hydroxylation sites is 1. The number of amides is 1. The summed E-state index contributed by atoms with van der Waals surface area (Å²) in [7, 11) is 4.70. The molecule has 0 aromatic heterocycles. The molecule has 1 aliphatic rings. The van der Waals surface area contributed by atoms with Crippen molar-refractivity contribution in [1.82, 2.24) is 4.90 Å². The molecular weight excluding hydrogens is 452 g/mol. The van der Waals surface area contributed by atoms with Gasteiger partial charge in [-0.15, -0.1) is 0 Å². The number of β-lactam (4-membered cyclic amide) rings is 1. The molecule has 0 spiro atoms. The number of hydrogen-bond donors (Lipinski definition) is 0. The Balaban J connectivity index is 1.63. The lowest BCUT2D eigenvalue weighted by Gasteiger charge is -2.47. The summed E-state index contributed by atoms with van der Waals surface area (Å²) in [5.74, 6) is 1.85. The van der Waals surface area contributed by atoms with Gasteiger partial charge in [-0.2, -0.15) is 0 Å². The normalized spacial score (nSPS) is 16.9. The molecule has 3 aromatic carbocycles. The Morgan fingerprint density at radius 1 is 0.914 bits per heavy atom. The summed E-state index contributed by atoms with van der Waals surface area (Å²) in [6.45, 7) is 0.449. The molecule has 2 atom stereocenters. The number of carbonyl (C=O) groups excluding carboxylic acids is 1. The van der Waals surface area contributed by atoms with Crippen LogP contribution in [0, 0.1) is 10.1 Å². The molecule has 0 radical (unpaired) electrons. The van der Waals surface area contributed by atoms with Gasteiger partial charge in [0.1, 0.15) is 17.5 Å². The zero-order valence-electron chi connectivity index (χ0n) is 19.7. The highest BCUT2D eigenvalue weighted by molar-refractivity contribution is 5.89. The van der Waals surface area contributed by atoms with Crippen LogP contribution >= 0.6 is 0 Å². The average Bonchev–Trinajstić information content (AvgIpc) is 2.89. The average molecular weight is 479 g/mol. The van der Waals surface area contributed by atoms with E-state index >= 15 is 0 Å².